The van der Waals surface area contributed by atoms with E-state index in [-0.39, 0.29) is 19.3 Å². The molecular weight excluding hydrogens is 1390 g/mol. The smallest absolute Gasteiger partial charge is 0.463 e. The van der Waals surface area contributed by atoms with Crippen molar-refractivity contribution >= 4 is 33.6 Å². The molecule has 0 aliphatic heterocycles. The lowest BCUT2D eigenvalue weighted by molar-refractivity contribution is -0.161. The minimum atomic E-state index is -4.95. The van der Waals surface area contributed by atoms with E-state index in [1.165, 1.54) is 70.6 Å². The third-order valence-electron chi connectivity index (χ3n) is 16.9. The number of aliphatic hydroxyl groups excluding tert-OH is 2. The Kier molecular flexibility index (Phi) is 76.6. The maximum Gasteiger partial charge on any atom is 0.472 e. The van der Waals surface area contributed by atoms with E-state index in [1.807, 2.05) is 0 Å². The highest BCUT2D eigenvalue weighted by Crippen LogP contribution is 2.45. The van der Waals surface area contributed by atoms with E-state index in [4.69, 9.17) is 32.3 Å². The van der Waals surface area contributed by atoms with Gasteiger partial charge in [-0.3, -0.25) is 32.5 Å². The number of unbranched alkanes of at least 4 members (excludes halogenated alkanes) is 26. The van der Waals surface area contributed by atoms with Crippen molar-refractivity contribution in [1.82, 2.24) is 0 Å². The summed E-state index contributed by atoms with van der Waals surface area (Å²) in [6, 6.07) is 0. The number of esters is 3. The first-order valence-corrected chi connectivity index (χ1v) is 44.4. The van der Waals surface area contributed by atoms with Crippen molar-refractivity contribution in [3.63, 3.8) is 0 Å². The Labute approximate surface area is 650 Å². The first-order chi connectivity index (χ1) is 52.2. The second-order valence-corrected chi connectivity index (χ2v) is 30.1. The van der Waals surface area contributed by atoms with Crippen molar-refractivity contribution in [3.8, 4) is 0 Å². The summed E-state index contributed by atoms with van der Waals surface area (Å²) in [4.78, 5) is 58.7. The summed E-state index contributed by atoms with van der Waals surface area (Å²) in [6.07, 6.45) is 103. The van der Waals surface area contributed by atoms with E-state index in [9.17, 15) is 43.5 Å². The Balaban J connectivity index is 4.55. The fourth-order valence-corrected chi connectivity index (χ4v) is 12.3. The van der Waals surface area contributed by atoms with Crippen molar-refractivity contribution in [1.29, 1.82) is 0 Å². The Bertz CT molecular complexity index is 2620. The molecule has 0 aliphatic carbocycles. The lowest BCUT2D eigenvalue weighted by Crippen LogP contribution is -2.30. The molecular formula is C89H148O16P2. The van der Waals surface area contributed by atoms with Crippen LogP contribution in [0.4, 0.5) is 0 Å². The van der Waals surface area contributed by atoms with E-state index in [1.54, 1.807) is 0 Å². The molecule has 0 aromatic rings. The van der Waals surface area contributed by atoms with E-state index in [0.29, 0.717) is 19.3 Å². The summed E-state index contributed by atoms with van der Waals surface area (Å²) in [5, 5.41) is 20.7. The van der Waals surface area contributed by atoms with Gasteiger partial charge >= 0.3 is 33.6 Å². The average molecular weight is 1540 g/mol. The van der Waals surface area contributed by atoms with Crippen LogP contribution in [0.2, 0.25) is 0 Å². The molecule has 610 valence electrons. The first kappa shape index (κ1) is 102. The van der Waals surface area contributed by atoms with Gasteiger partial charge in [-0.15, -0.1) is 0 Å². The quantitative estimate of drug-likeness (QED) is 0.0146. The van der Waals surface area contributed by atoms with Crippen LogP contribution in [0.15, 0.2) is 170 Å². The van der Waals surface area contributed by atoms with Crippen molar-refractivity contribution in [2.24, 2.45) is 0 Å². The normalized spacial score (nSPS) is 14.8. The average Bonchev–Trinajstić information content (AvgIpc) is 0.906. The van der Waals surface area contributed by atoms with Gasteiger partial charge in [-0.05, 0) is 154 Å². The number of allylic oxidation sites excluding steroid dienone is 28. The molecule has 0 aromatic carbocycles. The number of hydrogen-bond acceptors (Lipinski definition) is 14. The molecule has 5 atom stereocenters. The van der Waals surface area contributed by atoms with Crippen molar-refractivity contribution in [2.45, 2.75) is 334 Å². The van der Waals surface area contributed by atoms with E-state index < -0.39 is 91.5 Å². The fourth-order valence-electron chi connectivity index (χ4n) is 10.7. The number of phosphoric ester groups is 2. The molecule has 0 aliphatic rings. The Morgan fingerprint density at radius 3 is 0.785 bits per heavy atom. The number of hydrogen-bond donors (Lipinski definition) is 4. The maximum atomic E-state index is 13.0. The highest BCUT2D eigenvalue weighted by atomic mass is 31.2. The second kappa shape index (κ2) is 80.4. The summed E-state index contributed by atoms with van der Waals surface area (Å²) >= 11 is 0. The zero-order valence-electron chi connectivity index (χ0n) is 66.7. The number of ether oxygens (including phenoxy) is 3. The number of carbonyl (C=O) groups is 3. The van der Waals surface area contributed by atoms with Gasteiger partial charge in [0.2, 0.25) is 0 Å². The third-order valence-corrected chi connectivity index (χ3v) is 18.8. The van der Waals surface area contributed by atoms with Gasteiger partial charge in [0.05, 0.1) is 26.4 Å². The predicted octanol–water partition coefficient (Wildman–Crippen LogP) is 24.8. The first-order valence-electron chi connectivity index (χ1n) is 41.4. The highest BCUT2D eigenvalue weighted by Gasteiger charge is 2.29. The van der Waals surface area contributed by atoms with Crippen LogP contribution in [0.25, 0.3) is 0 Å². The molecule has 0 amide bonds. The largest absolute Gasteiger partial charge is 0.472 e. The van der Waals surface area contributed by atoms with Gasteiger partial charge in [0.15, 0.2) is 6.10 Å². The van der Waals surface area contributed by atoms with E-state index in [0.717, 1.165) is 186 Å². The topological polar surface area (TPSA) is 231 Å². The molecule has 0 bridgehead atoms. The Hall–Kier alpha value is -5.09. The molecule has 0 aromatic heterocycles. The molecule has 18 heteroatoms. The molecule has 5 unspecified atom stereocenters. The number of phosphoric acid groups is 2. The predicted molar refractivity (Wildman–Crippen MR) is 445 cm³/mol. The van der Waals surface area contributed by atoms with Crippen LogP contribution < -0.4 is 0 Å². The van der Waals surface area contributed by atoms with Crippen LogP contribution in [-0.4, -0.2) is 95.9 Å². The molecule has 4 N–H and O–H groups in total. The molecule has 0 fully saturated rings. The summed E-state index contributed by atoms with van der Waals surface area (Å²) < 4.78 is 61.2. The summed E-state index contributed by atoms with van der Waals surface area (Å²) in [5.74, 6) is -1.61. The third kappa shape index (κ3) is 81.7. The maximum absolute atomic E-state index is 13.0. The summed E-state index contributed by atoms with van der Waals surface area (Å²) in [6.45, 7) is 2.39. The van der Waals surface area contributed by atoms with Crippen LogP contribution in [0.5, 0.6) is 0 Å². The molecule has 0 saturated carbocycles. The molecule has 0 heterocycles. The lowest BCUT2D eigenvalue weighted by Gasteiger charge is -2.21. The molecule has 0 radical (unpaired) electrons. The SMILES string of the molecule is CC/C=C\C/C=C\C/C=C\C/C=C\C/C=C\C/C=C\CCCCCCCCCCCCCCC(=O)OCC(O)COP(=O)(O)OCC(O)COP(=O)(O)OCC(COC(=O)CCCCCCCC/C=C\C/C=C\C/C=C\C/C=C\C/C=C\C/C=C\CC)OC(=O)CCCCCCC/C=C\C/C=C\CCCCC. The lowest BCUT2D eigenvalue weighted by atomic mass is 10.0. The molecule has 107 heavy (non-hydrogen) atoms. The standard InChI is InChI=1S/C89H148O16P2/c1-4-7-10-13-16-19-22-25-28-30-32-34-36-38-39-40-41-42-43-45-47-48-50-52-55-57-60-63-66-69-72-75-87(92)99-78-84(90)79-101-106(95,96)102-80-85(91)81-103-107(97,98)104-83-86(105-89(94)77-74-71-68-65-62-59-54-27-24-21-18-15-12-9-6-3)82-100-88(93)76-73-70-67-64-61-58-56-53-51-49-46-44-37-35-33-31-29-26-23-20-17-14-11-8-5-2/h7-8,10-11,16-21,25-29,32-35,38-39,41-42,44,46,51,53-54,84-86,90-91H,4-6,9,12-15,22-24,30-31,36-37,40,43,45,47-50,52,55-83H2,1-3H3,(H,95,96)(H,97,98)/b10-7-,11-8-,19-16-,20-17-,21-18-,28-25-,29-26-,34-32-,35-33-,39-38-,42-41-,46-44-,53-51-,54-27-. The van der Waals surface area contributed by atoms with Crippen LogP contribution in [0.1, 0.15) is 316 Å². The Morgan fingerprint density at radius 2 is 0.495 bits per heavy atom. The van der Waals surface area contributed by atoms with Crippen molar-refractivity contribution in [3.05, 3.63) is 170 Å². The minimum absolute atomic E-state index is 0.0802. The summed E-state index contributed by atoms with van der Waals surface area (Å²) in [7, 11) is -9.81. The molecule has 0 rings (SSSR count). The Morgan fingerprint density at radius 1 is 0.271 bits per heavy atom. The van der Waals surface area contributed by atoms with Crippen LogP contribution in [0.3, 0.4) is 0 Å². The van der Waals surface area contributed by atoms with Gasteiger partial charge in [-0.1, -0.05) is 313 Å². The zero-order valence-corrected chi connectivity index (χ0v) is 68.5. The van der Waals surface area contributed by atoms with Gasteiger partial charge in [0, 0.05) is 19.3 Å². The van der Waals surface area contributed by atoms with Crippen LogP contribution in [0, 0.1) is 0 Å². The minimum Gasteiger partial charge on any atom is -0.463 e. The van der Waals surface area contributed by atoms with Gasteiger partial charge in [-0.2, -0.15) is 0 Å². The van der Waals surface area contributed by atoms with Gasteiger partial charge in [0.25, 0.3) is 0 Å². The molecule has 0 spiro atoms. The number of aliphatic hydroxyl groups is 2. The van der Waals surface area contributed by atoms with E-state index >= 15 is 0 Å². The van der Waals surface area contributed by atoms with Crippen molar-refractivity contribution < 1.29 is 75.8 Å². The molecule has 0 saturated heterocycles. The molecule has 16 nitrogen and oxygen atoms in total. The highest BCUT2D eigenvalue weighted by molar-refractivity contribution is 7.47. The van der Waals surface area contributed by atoms with Gasteiger partial charge in [-0.25, -0.2) is 9.13 Å². The fraction of sp³-hybridized carbons (Fsp3) is 0.652. The number of rotatable bonds is 77. The second-order valence-electron chi connectivity index (χ2n) is 27.2. The van der Waals surface area contributed by atoms with Crippen molar-refractivity contribution in [2.75, 3.05) is 39.6 Å². The summed E-state index contributed by atoms with van der Waals surface area (Å²) in [5.41, 5.74) is 0. The van der Waals surface area contributed by atoms with Gasteiger partial charge < -0.3 is 34.2 Å². The van der Waals surface area contributed by atoms with Crippen LogP contribution >= 0.6 is 15.6 Å². The van der Waals surface area contributed by atoms with Crippen LogP contribution in [-0.2, 0) is 55.8 Å². The monoisotopic (exact) mass is 1540 g/mol. The van der Waals surface area contributed by atoms with Gasteiger partial charge in [0.1, 0.15) is 25.4 Å². The number of carbonyl (C=O) groups excluding carboxylic acids is 3. The zero-order chi connectivity index (χ0) is 78.0. The van der Waals surface area contributed by atoms with E-state index in [2.05, 4.69) is 191 Å².